The molecule has 2 nitrogen and oxygen atoms in total. The minimum Gasteiger partial charge on any atom is -0.389 e. The molecule has 0 unspecified atom stereocenters. The summed E-state index contributed by atoms with van der Waals surface area (Å²) in [6, 6.07) is 0. The normalized spacial score (nSPS) is 46.7. The Bertz CT molecular complexity index is 639. The second kappa shape index (κ2) is 8.54. The van der Waals surface area contributed by atoms with Gasteiger partial charge in [0.2, 0.25) is 0 Å². The minimum absolute atomic E-state index is 0.242. The van der Waals surface area contributed by atoms with Crippen LogP contribution in [0, 0.1) is 46.3 Å². The zero-order valence-electron chi connectivity index (χ0n) is 20.6. The number of methoxy groups -OCH3 is 1. The lowest BCUT2D eigenvalue weighted by Gasteiger charge is -2.59. The lowest BCUT2D eigenvalue weighted by atomic mass is 9.46. The summed E-state index contributed by atoms with van der Waals surface area (Å²) in [5.74, 6) is 4.35. The van der Waals surface area contributed by atoms with Gasteiger partial charge in [0.25, 0.3) is 0 Å². The van der Waals surface area contributed by atoms with Crippen molar-refractivity contribution in [1.82, 2.24) is 0 Å². The highest BCUT2D eigenvalue weighted by molar-refractivity contribution is 5.28. The SMILES string of the molecule is CO[C@H]1CC[C@@]2(C)C(=C[C@@H](O)[C@H]3[C@@H]4CC[C@H]([C@H](C)CCCC(C)C)[C@@]4(C)CC[C@@H]32)C1. The molecule has 0 saturated heterocycles. The first-order chi connectivity index (χ1) is 14.2. The number of aliphatic hydroxyl groups is 1. The first-order valence-electron chi connectivity index (χ1n) is 13.1. The number of ether oxygens (including phenoxy) is 1. The van der Waals surface area contributed by atoms with Crippen LogP contribution in [-0.2, 0) is 4.74 Å². The standard InChI is InChI=1S/C28H48O2/c1-18(2)8-7-9-19(3)22-10-11-23-26-24(13-15-28(22,23)5)27(4)14-12-21(30-6)16-20(27)17-25(26)29/h17-19,21-26,29H,7-16H2,1-6H3/t19-,21+,22-,23+,24+,25-,26+,27+,28-/m1/s1. The van der Waals surface area contributed by atoms with Crippen molar-refractivity contribution in [2.45, 2.75) is 111 Å². The molecule has 9 atom stereocenters. The molecule has 4 aliphatic rings. The number of fused-ring (bicyclic) bond motifs is 5. The van der Waals surface area contributed by atoms with Crippen molar-refractivity contribution in [2.75, 3.05) is 7.11 Å². The summed E-state index contributed by atoms with van der Waals surface area (Å²) >= 11 is 0. The molecule has 0 heterocycles. The summed E-state index contributed by atoms with van der Waals surface area (Å²) in [7, 11) is 1.85. The van der Waals surface area contributed by atoms with E-state index >= 15 is 0 Å². The van der Waals surface area contributed by atoms with Crippen LogP contribution in [0.4, 0.5) is 0 Å². The van der Waals surface area contributed by atoms with E-state index < -0.39 is 0 Å². The van der Waals surface area contributed by atoms with Gasteiger partial charge in [-0.1, -0.05) is 65.5 Å². The first-order valence-corrected chi connectivity index (χ1v) is 13.1. The Balaban J connectivity index is 1.53. The third kappa shape index (κ3) is 3.72. The molecule has 0 radical (unpaired) electrons. The Labute approximate surface area is 186 Å². The van der Waals surface area contributed by atoms with E-state index in [0.717, 1.165) is 24.2 Å². The zero-order valence-corrected chi connectivity index (χ0v) is 20.6. The maximum atomic E-state index is 11.4. The number of rotatable bonds is 6. The summed E-state index contributed by atoms with van der Waals surface area (Å²) in [4.78, 5) is 0. The van der Waals surface area contributed by atoms with Gasteiger partial charge in [-0.15, -0.1) is 0 Å². The van der Waals surface area contributed by atoms with Gasteiger partial charge >= 0.3 is 0 Å². The molecule has 0 aromatic heterocycles. The molecule has 2 heteroatoms. The highest BCUT2D eigenvalue weighted by Gasteiger charge is 2.61. The van der Waals surface area contributed by atoms with Crippen molar-refractivity contribution >= 4 is 0 Å². The largest absolute Gasteiger partial charge is 0.389 e. The molecule has 0 amide bonds. The van der Waals surface area contributed by atoms with Crippen molar-refractivity contribution in [2.24, 2.45) is 46.3 Å². The molecule has 0 aromatic carbocycles. The molecule has 0 spiro atoms. The molecular weight excluding hydrogens is 368 g/mol. The van der Waals surface area contributed by atoms with Crippen LogP contribution in [-0.4, -0.2) is 24.4 Å². The van der Waals surface area contributed by atoms with Gasteiger partial charge in [0.15, 0.2) is 0 Å². The summed E-state index contributed by atoms with van der Waals surface area (Å²) in [5.41, 5.74) is 2.24. The highest BCUT2D eigenvalue weighted by Crippen LogP contribution is 2.67. The van der Waals surface area contributed by atoms with Gasteiger partial charge < -0.3 is 9.84 Å². The van der Waals surface area contributed by atoms with Crippen LogP contribution in [0.1, 0.15) is 98.8 Å². The summed E-state index contributed by atoms with van der Waals surface area (Å²) < 4.78 is 5.71. The third-order valence-corrected chi connectivity index (χ3v) is 10.6. The number of aliphatic hydroxyl groups excluding tert-OH is 1. The van der Waals surface area contributed by atoms with E-state index in [1.54, 1.807) is 0 Å². The topological polar surface area (TPSA) is 29.5 Å². The van der Waals surface area contributed by atoms with Crippen molar-refractivity contribution < 1.29 is 9.84 Å². The second-order valence-corrected chi connectivity index (χ2v) is 12.5. The quantitative estimate of drug-likeness (QED) is 0.472. The second-order valence-electron chi connectivity index (χ2n) is 12.5. The van der Waals surface area contributed by atoms with Crippen molar-refractivity contribution in [3.8, 4) is 0 Å². The van der Waals surface area contributed by atoms with Crippen LogP contribution in [0.25, 0.3) is 0 Å². The fourth-order valence-corrected chi connectivity index (χ4v) is 8.84. The molecule has 4 aliphatic carbocycles. The Hall–Kier alpha value is -0.340. The molecule has 172 valence electrons. The fraction of sp³-hybridized carbons (Fsp3) is 0.929. The molecule has 0 aromatic rings. The predicted octanol–water partition coefficient (Wildman–Crippen LogP) is 7.01. The van der Waals surface area contributed by atoms with E-state index in [2.05, 4.69) is 40.7 Å². The van der Waals surface area contributed by atoms with Crippen LogP contribution in [0.15, 0.2) is 11.6 Å². The average Bonchev–Trinajstić information content (AvgIpc) is 3.05. The molecule has 3 saturated carbocycles. The molecule has 3 fully saturated rings. The predicted molar refractivity (Wildman–Crippen MR) is 125 cm³/mol. The fourth-order valence-electron chi connectivity index (χ4n) is 8.84. The maximum Gasteiger partial charge on any atom is 0.0757 e. The number of hydrogen-bond acceptors (Lipinski definition) is 2. The van der Waals surface area contributed by atoms with Gasteiger partial charge in [-0.25, -0.2) is 0 Å². The van der Waals surface area contributed by atoms with E-state index in [0.29, 0.717) is 34.7 Å². The molecule has 0 bridgehead atoms. The molecule has 30 heavy (non-hydrogen) atoms. The average molecular weight is 417 g/mol. The van der Waals surface area contributed by atoms with E-state index in [-0.39, 0.29) is 6.10 Å². The van der Waals surface area contributed by atoms with Gasteiger partial charge in [-0.3, -0.25) is 0 Å². The van der Waals surface area contributed by atoms with Gasteiger partial charge in [0, 0.05) is 7.11 Å². The van der Waals surface area contributed by atoms with E-state index in [1.165, 1.54) is 63.4 Å². The number of hydrogen-bond donors (Lipinski definition) is 1. The van der Waals surface area contributed by atoms with E-state index in [1.807, 2.05) is 7.11 Å². The van der Waals surface area contributed by atoms with Crippen molar-refractivity contribution in [1.29, 1.82) is 0 Å². The Morgan fingerprint density at radius 3 is 2.50 bits per heavy atom. The van der Waals surface area contributed by atoms with Crippen LogP contribution < -0.4 is 0 Å². The van der Waals surface area contributed by atoms with E-state index in [9.17, 15) is 5.11 Å². The van der Waals surface area contributed by atoms with Crippen LogP contribution in [0.3, 0.4) is 0 Å². The minimum atomic E-state index is -0.242. The van der Waals surface area contributed by atoms with Crippen LogP contribution in [0.2, 0.25) is 0 Å². The first kappa shape index (κ1) is 22.8. The Morgan fingerprint density at radius 2 is 1.80 bits per heavy atom. The van der Waals surface area contributed by atoms with Gasteiger partial charge in [0.05, 0.1) is 12.2 Å². The summed E-state index contributed by atoms with van der Waals surface area (Å²) in [6.45, 7) is 12.4. The Morgan fingerprint density at radius 1 is 1.03 bits per heavy atom. The van der Waals surface area contributed by atoms with Gasteiger partial charge in [0.1, 0.15) is 0 Å². The van der Waals surface area contributed by atoms with Crippen LogP contribution >= 0.6 is 0 Å². The molecule has 4 rings (SSSR count). The smallest absolute Gasteiger partial charge is 0.0757 e. The summed E-state index contributed by atoms with van der Waals surface area (Å²) in [6.07, 6.45) is 15.4. The highest BCUT2D eigenvalue weighted by atomic mass is 16.5. The maximum absolute atomic E-state index is 11.4. The summed E-state index contributed by atoms with van der Waals surface area (Å²) in [5, 5.41) is 11.4. The molecular formula is C28H48O2. The molecule has 1 N–H and O–H groups in total. The van der Waals surface area contributed by atoms with Crippen molar-refractivity contribution in [3.05, 3.63) is 11.6 Å². The lowest BCUT2D eigenvalue weighted by molar-refractivity contribution is -0.0986. The third-order valence-electron chi connectivity index (χ3n) is 10.6. The van der Waals surface area contributed by atoms with Crippen LogP contribution in [0.5, 0.6) is 0 Å². The Kier molecular flexibility index (Phi) is 6.50. The lowest BCUT2D eigenvalue weighted by Crippen LogP contribution is -2.55. The van der Waals surface area contributed by atoms with Crippen molar-refractivity contribution in [3.63, 3.8) is 0 Å². The molecule has 0 aliphatic heterocycles. The van der Waals surface area contributed by atoms with Gasteiger partial charge in [-0.2, -0.15) is 0 Å². The zero-order chi connectivity index (χ0) is 21.7. The van der Waals surface area contributed by atoms with Gasteiger partial charge in [-0.05, 0) is 91.3 Å². The van der Waals surface area contributed by atoms with E-state index in [4.69, 9.17) is 4.74 Å². The monoisotopic (exact) mass is 416 g/mol.